The van der Waals surface area contributed by atoms with Crippen molar-refractivity contribution in [2.75, 3.05) is 51.8 Å². The number of likely N-dealkylation sites (N-methyl/N-ethyl adjacent to an activating group) is 1. The number of piperazine rings is 1. The monoisotopic (exact) mass is 336 g/mol. The molecule has 0 aliphatic carbocycles. The predicted octanol–water partition coefficient (Wildman–Crippen LogP) is 2.44. The summed E-state index contributed by atoms with van der Waals surface area (Å²) in [6, 6.07) is 3.76. The Morgan fingerprint density at radius 3 is 2.30 bits per heavy atom. The van der Waals surface area contributed by atoms with Gasteiger partial charge in [0.25, 0.3) is 0 Å². The van der Waals surface area contributed by atoms with E-state index < -0.39 is 0 Å². The lowest BCUT2D eigenvalue weighted by molar-refractivity contribution is 0.271. The molecule has 124 valence electrons. The number of benzene rings is 1. The summed E-state index contributed by atoms with van der Waals surface area (Å²) >= 11 is 6.14. The topological polar surface area (TPSA) is 50.7 Å². The van der Waals surface area contributed by atoms with Gasteiger partial charge in [0.05, 0.1) is 19.7 Å². The Hall–Kier alpha value is -1.79. The lowest BCUT2D eigenvalue weighted by Crippen LogP contribution is -2.46. The quantitative estimate of drug-likeness (QED) is 0.799. The van der Waals surface area contributed by atoms with E-state index in [1.165, 1.54) is 0 Å². The molecular formula is C16H21ClN4O2. The molecular weight excluding hydrogens is 316 g/mol. The van der Waals surface area contributed by atoms with E-state index >= 15 is 0 Å². The number of hydrogen-bond donors (Lipinski definition) is 0. The van der Waals surface area contributed by atoms with Gasteiger partial charge in [-0.15, -0.1) is 0 Å². The average Bonchev–Trinajstić information content (AvgIpc) is 2.59. The van der Waals surface area contributed by atoms with E-state index in [9.17, 15) is 0 Å². The third-order valence-electron chi connectivity index (χ3n) is 4.27. The van der Waals surface area contributed by atoms with E-state index in [0.29, 0.717) is 11.5 Å². The molecule has 0 N–H and O–H groups in total. The first-order chi connectivity index (χ1) is 11.2. The molecule has 23 heavy (non-hydrogen) atoms. The van der Waals surface area contributed by atoms with Crippen molar-refractivity contribution in [1.29, 1.82) is 0 Å². The maximum Gasteiger partial charge on any atom is 0.224 e. The number of ether oxygens (including phenoxy) is 2. The summed E-state index contributed by atoms with van der Waals surface area (Å²) < 4.78 is 10.8. The van der Waals surface area contributed by atoms with Gasteiger partial charge in [-0.25, -0.2) is 4.98 Å². The van der Waals surface area contributed by atoms with Crippen LogP contribution in [0.4, 0.5) is 5.82 Å². The maximum atomic E-state index is 6.14. The van der Waals surface area contributed by atoms with Crippen LogP contribution in [0.5, 0.6) is 11.5 Å². The molecule has 2 heterocycles. The van der Waals surface area contributed by atoms with Crippen molar-refractivity contribution < 1.29 is 9.47 Å². The van der Waals surface area contributed by atoms with E-state index in [-0.39, 0.29) is 5.28 Å². The molecule has 0 amide bonds. The standard InChI is InChI=1S/C16H21ClN4O2/c1-4-20-5-7-21(8-6-20)15-11-9-13(22-2)14(23-3)10-12(11)18-16(17)19-15/h9-10H,4-8H2,1-3H3. The highest BCUT2D eigenvalue weighted by Gasteiger charge is 2.21. The van der Waals surface area contributed by atoms with Gasteiger partial charge in [-0.05, 0) is 24.2 Å². The van der Waals surface area contributed by atoms with Crippen molar-refractivity contribution in [3.8, 4) is 11.5 Å². The van der Waals surface area contributed by atoms with Gasteiger partial charge in [-0.1, -0.05) is 6.92 Å². The number of fused-ring (bicyclic) bond motifs is 1. The maximum absolute atomic E-state index is 6.14. The highest BCUT2D eigenvalue weighted by Crippen LogP contribution is 2.35. The zero-order valence-electron chi connectivity index (χ0n) is 13.7. The van der Waals surface area contributed by atoms with E-state index in [1.807, 2.05) is 12.1 Å². The molecule has 0 atom stereocenters. The number of anilines is 1. The number of hydrogen-bond acceptors (Lipinski definition) is 6. The second kappa shape index (κ2) is 6.76. The van der Waals surface area contributed by atoms with Crippen LogP contribution < -0.4 is 14.4 Å². The minimum Gasteiger partial charge on any atom is -0.493 e. The number of halogens is 1. The van der Waals surface area contributed by atoms with E-state index in [2.05, 4.69) is 26.7 Å². The van der Waals surface area contributed by atoms with Crippen LogP contribution in [0.2, 0.25) is 5.28 Å². The molecule has 6 nitrogen and oxygen atoms in total. The van der Waals surface area contributed by atoms with Crippen LogP contribution in [-0.2, 0) is 0 Å². The van der Waals surface area contributed by atoms with Crippen molar-refractivity contribution in [2.45, 2.75) is 6.92 Å². The van der Waals surface area contributed by atoms with Crippen molar-refractivity contribution in [1.82, 2.24) is 14.9 Å². The second-order valence-corrected chi connectivity index (χ2v) is 5.80. The highest BCUT2D eigenvalue weighted by atomic mass is 35.5. The summed E-state index contributed by atoms with van der Waals surface area (Å²) in [5.74, 6) is 2.16. The minimum atomic E-state index is 0.248. The summed E-state index contributed by atoms with van der Waals surface area (Å²) in [7, 11) is 3.23. The minimum absolute atomic E-state index is 0.248. The molecule has 1 aliphatic heterocycles. The Bertz CT molecular complexity index is 702. The molecule has 2 aromatic rings. The molecule has 0 radical (unpaired) electrons. The second-order valence-electron chi connectivity index (χ2n) is 5.46. The van der Waals surface area contributed by atoms with Crippen LogP contribution >= 0.6 is 11.6 Å². The number of rotatable bonds is 4. The van der Waals surface area contributed by atoms with Gasteiger partial charge in [0.2, 0.25) is 5.28 Å². The Morgan fingerprint density at radius 2 is 1.70 bits per heavy atom. The lowest BCUT2D eigenvalue weighted by Gasteiger charge is -2.35. The van der Waals surface area contributed by atoms with Crippen LogP contribution in [0.15, 0.2) is 12.1 Å². The third-order valence-corrected chi connectivity index (χ3v) is 4.44. The number of nitrogens with zero attached hydrogens (tertiary/aromatic N) is 4. The molecule has 1 aromatic heterocycles. The first-order valence-corrected chi connectivity index (χ1v) is 8.10. The molecule has 0 bridgehead atoms. The van der Waals surface area contributed by atoms with Gasteiger partial charge in [0.1, 0.15) is 5.82 Å². The van der Waals surface area contributed by atoms with Crippen molar-refractivity contribution >= 4 is 28.3 Å². The summed E-state index contributed by atoms with van der Waals surface area (Å²) in [5.41, 5.74) is 0.760. The van der Waals surface area contributed by atoms with Crippen LogP contribution in [0, 0.1) is 0 Å². The normalized spacial score (nSPS) is 15.9. The Kier molecular flexibility index (Phi) is 4.73. The van der Waals surface area contributed by atoms with Crippen LogP contribution in [0.3, 0.4) is 0 Å². The lowest BCUT2D eigenvalue weighted by atomic mass is 10.2. The van der Waals surface area contributed by atoms with E-state index in [1.54, 1.807) is 14.2 Å². The van der Waals surface area contributed by atoms with Gasteiger partial charge in [-0.2, -0.15) is 4.98 Å². The zero-order chi connectivity index (χ0) is 16.4. The molecule has 1 aliphatic rings. The van der Waals surface area contributed by atoms with Crippen LogP contribution in [0.25, 0.3) is 10.9 Å². The largest absolute Gasteiger partial charge is 0.493 e. The van der Waals surface area contributed by atoms with Crippen molar-refractivity contribution in [3.05, 3.63) is 17.4 Å². The highest BCUT2D eigenvalue weighted by molar-refractivity contribution is 6.28. The summed E-state index contributed by atoms with van der Waals surface area (Å²) in [5, 5.41) is 1.18. The number of methoxy groups -OCH3 is 2. The summed E-state index contributed by atoms with van der Waals surface area (Å²) in [4.78, 5) is 13.5. The predicted molar refractivity (Wildman–Crippen MR) is 92.0 cm³/mol. The van der Waals surface area contributed by atoms with Crippen molar-refractivity contribution in [2.24, 2.45) is 0 Å². The SMILES string of the molecule is CCN1CCN(c2nc(Cl)nc3cc(OC)c(OC)cc23)CC1. The Morgan fingerprint density at radius 1 is 1.04 bits per heavy atom. The first kappa shape index (κ1) is 16.1. The summed E-state index contributed by atoms with van der Waals surface area (Å²) in [6.45, 7) is 7.14. The average molecular weight is 337 g/mol. The van der Waals surface area contributed by atoms with Crippen LogP contribution in [-0.4, -0.2) is 61.8 Å². The molecule has 0 unspecified atom stereocenters. The number of aromatic nitrogens is 2. The van der Waals surface area contributed by atoms with Crippen molar-refractivity contribution in [3.63, 3.8) is 0 Å². The van der Waals surface area contributed by atoms with Gasteiger partial charge < -0.3 is 19.3 Å². The zero-order valence-corrected chi connectivity index (χ0v) is 14.4. The fourth-order valence-corrected chi connectivity index (χ4v) is 3.10. The third kappa shape index (κ3) is 3.14. The molecule has 0 spiro atoms. The van der Waals surface area contributed by atoms with Gasteiger partial charge in [0.15, 0.2) is 11.5 Å². The molecule has 7 heteroatoms. The fourth-order valence-electron chi connectivity index (χ4n) is 2.93. The molecule has 1 fully saturated rings. The van der Waals surface area contributed by atoms with E-state index in [0.717, 1.165) is 49.4 Å². The fraction of sp³-hybridized carbons (Fsp3) is 0.500. The van der Waals surface area contributed by atoms with Gasteiger partial charge in [-0.3, -0.25) is 0 Å². The molecule has 3 rings (SSSR count). The molecule has 0 saturated carbocycles. The summed E-state index contributed by atoms with van der Waals surface area (Å²) in [6.07, 6.45) is 0. The molecule has 1 aromatic carbocycles. The smallest absolute Gasteiger partial charge is 0.224 e. The first-order valence-electron chi connectivity index (χ1n) is 7.72. The molecule has 1 saturated heterocycles. The van der Waals surface area contributed by atoms with Gasteiger partial charge in [0, 0.05) is 37.6 Å². The van der Waals surface area contributed by atoms with E-state index in [4.69, 9.17) is 21.1 Å². The van der Waals surface area contributed by atoms with Gasteiger partial charge >= 0.3 is 0 Å². The Balaban J connectivity index is 2.05. The van der Waals surface area contributed by atoms with Crippen LogP contribution in [0.1, 0.15) is 6.92 Å². The Labute approximate surface area is 141 Å².